The van der Waals surface area contributed by atoms with Gasteiger partial charge in [-0.2, -0.15) is 18.2 Å². The van der Waals surface area contributed by atoms with Gasteiger partial charge in [0, 0.05) is 12.6 Å². The third-order valence-electron chi connectivity index (χ3n) is 1.89. The molecule has 1 aromatic rings. The van der Waals surface area contributed by atoms with E-state index in [-0.39, 0.29) is 11.7 Å². The van der Waals surface area contributed by atoms with Crippen LogP contribution in [0.4, 0.5) is 19.0 Å². The van der Waals surface area contributed by atoms with Crippen LogP contribution in [0, 0.1) is 0 Å². The van der Waals surface area contributed by atoms with Gasteiger partial charge < -0.3 is 10.1 Å². The number of anilines is 1. The Morgan fingerprint density at radius 2 is 2.06 bits per heavy atom. The number of hydrogen-bond donors (Lipinski definition) is 1. The maximum absolute atomic E-state index is 12.5. The highest BCUT2D eigenvalue weighted by Gasteiger charge is 2.31. The molecule has 0 bridgehead atoms. The Hall–Kier alpha value is -1.46. The molecule has 0 radical (unpaired) electrons. The first-order valence-corrected chi connectivity index (χ1v) is 4.84. The predicted octanol–water partition coefficient (Wildman–Crippen LogP) is 2.93. The van der Waals surface area contributed by atoms with Crippen molar-refractivity contribution in [3.63, 3.8) is 0 Å². The molecule has 16 heavy (non-hydrogen) atoms. The molecule has 6 heteroatoms. The van der Waals surface area contributed by atoms with Crippen molar-refractivity contribution in [3.8, 4) is 5.88 Å². The fourth-order valence-corrected chi connectivity index (χ4v) is 1.12. The van der Waals surface area contributed by atoms with Crippen molar-refractivity contribution in [2.45, 2.75) is 19.5 Å². The summed E-state index contributed by atoms with van der Waals surface area (Å²) in [5.41, 5.74) is -0.766. The molecule has 1 heterocycles. The van der Waals surface area contributed by atoms with Crippen molar-refractivity contribution in [2.24, 2.45) is 0 Å². The summed E-state index contributed by atoms with van der Waals surface area (Å²) >= 11 is 0. The van der Waals surface area contributed by atoms with E-state index in [0.717, 1.165) is 18.6 Å². The molecular weight excluding hydrogens is 221 g/mol. The van der Waals surface area contributed by atoms with E-state index >= 15 is 0 Å². The molecule has 0 aromatic carbocycles. The number of rotatable bonds is 4. The molecule has 0 unspecified atom stereocenters. The lowest BCUT2D eigenvalue weighted by molar-refractivity contribution is -0.137. The number of nitrogens with zero attached hydrogens (tertiary/aromatic N) is 1. The van der Waals surface area contributed by atoms with Gasteiger partial charge >= 0.3 is 6.18 Å². The minimum absolute atomic E-state index is 0.0478. The average Bonchev–Trinajstić information content (AvgIpc) is 2.24. The lowest BCUT2D eigenvalue weighted by Crippen LogP contribution is -2.09. The van der Waals surface area contributed by atoms with Gasteiger partial charge in [0.25, 0.3) is 0 Å². The van der Waals surface area contributed by atoms with Crippen LogP contribution in [0.15, 0.2) is 12.1 Å². The second kappa shape index (κ2) is 5.05. The number of pyridine rings is 1. The Morgan fingerprint density at radius 3 is 2.56 bits per heavy atom. The number of alkyl halides is 3. The van der Waals surface area contributed by atoms with Crippen LogP contribution in [0.25, 0.3) is 0 Å². The van der Waals surface area contributed by atoms with E-state index < -0.39 is 11.7 Å². The number of halogens is 3. The van der Waals surface area contributed by atoms with E-state index in [1.54, 1.807) is 0 Å². The van der Waals surface area contributed by atoms with Gasteiger partial charge in [0.1, 0.15) is 5.82 Å². The summed E-state index contributed by atoms with van der Waals surface area (Å²) in [5.74, 6) is 0.127. The molecule has 1 aromatic heterocycles. The van der Waals surface area contributed by atoms with Gasteiger partial charge in [-0.3, -0.25) is 0 Å². The molecule has 0 aliphatic carbocycles. The van der Waals surface area contributed by atoms with E-state index in [0.29, 0.717) is 6.54 Å². The first-order valence-electron chi connectivity index (χ1n) is 4.84. The fourth-order valence-electron chi connectivity index (χ4n) is 1.12. The normalized spacial score (nSPS) is 11.3. The lowest BCUT2D eigenvalue weighted by Gasteiger charge is -2.11. The number of aromatic nitrogens is 1. The predicted molar refractivity (Wildman–Crippen MR) is 54.6 cm³/mol. The molecule has 0 saturated heterocycles. The van der Waals surface area contributed by atoms with E-state index in [4.69, 9.17) is 4.74 Å². The maximum atomic E-state index is 12.5. The summed E-state index contributed by atoms with van der Waals surface area (Å²) in [6.45, 7) is 2.48. The van der Waals surface area contributed by atoms with Crippen LogP contribution in [-0.2, 0) is 6.18 Å². The van der Waals surface area contributed by atoms with Crippen molar-refractivity contribution < 1.29 is 17.9 Å². The van der Waals surface area contributed by atoms with Crippen LogP contribution in [0.1, 0.15) is 18.9 Å². The highest BCUT2D eigenvalue weighted by Crippen LogP contribution is 2.32. The van der Waals surface area contributed by atoms with Crippen LogP contribution in [0.3, 0.4) is 0 Å². The number of ether oxygens (including phenoxy) is 1. The maximum Gasteiger partial charge on any atom is 0.416 e. The number of hydrogen-bond acceptors (Lipinski definition) is 3. The average molecular weight is 234 g/mol. The van der Waals surface area contributed by atoms with E-state index in [1.807, 2.05) is 6.92 Å². The van der Waals surface area contributed by atoms with Crippen molar-refractivity contribution in [1.29, 1.82) is 0 Å². The molecule has 0 atom stereocenters. The van der Waals surface area contributed by atoms with Gasteiger partial charge in [-0.25, -0.2) is 0 Å². The second-order valence-electron chi connectivity index (χ2n) is 3.21. The van der Waals surface area contributed by atoms with Gasteiger partial charge in [-0.15, -0.1) is 0 Å². The van der Waals surface area contributed by atoms with Crippen molar-refractivity contribution >= 4 is 5.82 Å². The number of methoxy groups -OCH3 is 1. The molecule has 0 spiro atoms. The van der Waals surface area contributed by atoms with E-state index in [9.17, 15) is 13.2 Å². The molecule has 0 amide bonds. The largest absolute Gasteiger partial charge is 0.481 e. The summed E-state index contributed by atoms with van der Waals surface area (Å²) in [4.78, 5) is 3.87. The second-order valence-corrected chi connectivity index (χ2v) is 3.21. The minimum atomic E-state index is -4.39. The van der Waals surface area contributed by atoms with Crippen LogP contribution in [-0.4, -0.2) is 18.6 Å². The summed E-state index contributed by atoms with van der Waals surface area (Å²) in [6, 6.07) is 1.84. The molecule has 0 aliphatic heterocycles. The van der Waals surface area contributed by atoms with Crippen molar-refractivity contribution in [2.75, 3.05) is 19.0 Å². The summed E-state index contributed by atoms with van der Waals surface area (Å²) in [7, 11) is 1.28. The van der Waals surface area contributed by atoms with Crippen molar-refractivity contribution in [3.05, 3.63) is 17.7 Å². The molecule has 90 valence electrons. The Bertz CT molecular complexity index is 352. The quantitative estimate of drug-likeness (QED) is 0.869. The van der Waals surface area contributed by atoms with Crippen LogP contribution in [0.2, 0.25) is 0 Å². The third kappa shape index (κ3) is 3.29. The lowest BCUT2D eigenvalue weighted by atomic mass is 10.2. The standard InChI is InChI=1S/C10H13F3N2O/c1-3-4-14-8-5-7(10(11,12)13)6-9(15-8)16-2/h5-6H,3-4H2,1-2H3,(H,14,15). The Balaban J connectivity index is 3.01. The molecule has 1 N–H and O–H groups in total. The smallest absolute Gasteiger partial charge is 0.416 e. The van der Waals surface area contributed by atoms with Crippen LogP contribution < -0.4 is 10.1 Å². The zero-order valence-electron chi connectivity index (χ0n) is 9.06. The number of nitrogens with one attached hydrogen (secondary N) is 1. The first kappa shape index (κ1) is 12.6. The van der Waals surface area contributed by atoms with Gasteiger partial charge in [-0.05, 0) is 12.5 Å². The topological polar surface area (TPSA) is 34.1 Å². The third-order valence-corrected chi connectivity index (χ3v) is 1.89. The Morgan fingerprint density at radius 1 is 1.38 bits per heavy atom. The molecule has 0 aliphatic rings. The monoisotopic (exact) mass is 234 g/mol. The van der Waals surface area contributed by atoms with Crippen LogP contribution in [0.5, 0.6) is 5.88 Å². The zero-order chi connectivity index (χ0) is 12.2. The molecule has 0 fully saturated rings. The Labute approximate surface area is 91.6 Å². The van der Waals surface area contributed by atoms with Crippen LogP contribution >= 0.6 is 0 Å². The highest BCUT2D eigenvalue weighted by molar-refractivity contribution is 5.42. The SMILES string of the molecule is CCCNc1cc(C(F)(F)F)cc(OC)n1. The fraction of sp³-hybridized carbons (Fsp3) is 0.500. The summed E-state index contributed by atoms with van der Waals surface area (Å²) in [6.07, 6.45) is -3.58. The highest BCUT2D eigenvalue weighted by atomic mass is 19.4. The molecular formula is C10H13F3N2O. The summed E-state index contributed by atoms with van der Waals surface area (Å²) in [5, 5.41) is 2.79. The van der Waals surface area contributed by atoms with E-state index in [2.05, 4.69) is 10.3 Å². The minimum Gasteiger partial charge on any atom is -0.481 e. The molecule has 0 saturated carbocycles. The Kier molecular flexibility index (Phi) is 3.98. The van der Waals surface area contributed by atoms with Gasteiger partial charge in [0.2, 0.25) is 5.88 Å². The van der Waals surface area contributed by atoms with Gasteiger partial charge in [0.05, 0.1) is 12.7 Å². The van der Waals surface area contributed by atoms with E-state index in [1.165, 1.54) is 7.11 Å². The van der Waals surface area contributed by atoms with Crippen molar-refractivity contribution in [1.82, 2.24) is 4.98 Å². The zero-order valence-corrected chi connectivity index (χ0v) is 9.06. The van der Waals surface area contributed by atoms with Gasteiger partial charge in [0.15, 0.2) is 0 Å². The molecule has 1 rings (SSSR count). The summed E-state index contributed by atoms with van der Waals surface area (Å²) < 4.78 is 42.2. The molecule has 3 nitrogen and oxygen atoms in total. The van der Waals surface area contributed by atoms with Gasteiger partial charge in [-0.1, -0.05) is 6.92 Å². The first-order chi connectivity index (χ1) is 7.47.